The van der Waals surface area contributed by atoms with Gasteiger partial charge in [-0.2, -0.15) is 0 Å². The molecule has 4 heterocycles. The van der Waals surface area contributed by atoms with Crippen molar-refractivity contribution in [2.24, 2.45) is 5.92 Å². The number of fused-ring (bicyclic) bond motifs is 1. The number of aromatic nitrogens is 4. The van der Waals surface area contributed by atoms with Gasteiger partial charge in [0.1, 0.15) is 23.1 Å². The minimum atomic E-state index is -0.331. The highest BCUT2D eigenvalue weighted by molar-refractivity contribution is 5.82. The van der Waals surface area contributed by atoms with Crippen LogP contribution in [-0.4, -0.2) is 38.3 Å². The zero-order valence-electron chi connectivity index (χ0n) is 18.3. The van der Waals surface area contributed by atoms with E-state index in [1.54, 1.807) is 18.3 Å². The molecule has 1 fully saturated rings. The van der Waals surface area contributed by atoms with Crippen molar-refractivity contribution in [3.8, 4) is 22.5 Å². The molecule has 1 aromatic carbocycles. The number of halogens is 1. The van der Waals surface area contributed by atoms with E-state index in [9.17, 15) is 9.18 Å². The van der Waals surface area contributed by atoms with Crippen LogP contribution in [0.1, 0.15) is 24.2 Å². The summed E-state index contributed by atoms with van der Waals surface area (Å²) in [6, 6.07) is 9.93. The molecule has 33 heavy (non-hydrogen) atoms. The number of pyridine rings is 1. The Bertz CT molecular complexity index is 1330. The molecule has 0 saturated carbocycles. The van der Waals surface area contributed by atoms with Crippen molar-refractivity contribution in [3.63, 3.8) is 0 Å². The maximum atomic E-state index is 13.5. The predicted octanol–water partition coefficient (Wildman–Crippen LogP) is 4.03. The molecule has 0 bridgehead atoms. The second-order valence-electron chi connectivity index (χ2n) is 8.33. The first-order valence-corrected chi connectivity index (χ1v) is 11.0. The number of carbonyl (C=O) groups excluding carboxylic acids is 1. The third-order valence-corrected chi connectivity index (χ3v) is 6.07. The molecule has 1 aliphatic heterocycles. The number of anilines is 1. The highest BCUT2D eigenvalue weighted by Crippen LogP contribution is 2.32. The lowest BCUT2D eigenvalue weighted by Crippen LogP contribution is -2.16. The Balaban J connectivity index is 1.56. The molecule has 2 N–H and O–H groups in total. The van der Waals surface area contributed by atoms with E-state index >= 15 is 0 Å². The third kappa shape index (κ3) is 4.21. The van der Waals surface area contributed by atoms with Crippen molar-refractivity contribution in [1.82, 2.24) is 19.4 Å². The van der Waals surface area contributed by atoms with Crippen molar-refractivity contribution >= 4 is 17.2 Å². The number of rotatable bonds is 6. The monoisotopic (exact) mass is 445 g/mol. The van der Waals surface area contributed by atoms with Crippen molar-refractivity contribution in [2.45, 2.75) is 26.2 Å². The molecule has 0 unspecified atom stereocenters. The summed E-state index contributed by atoms with van der Waals surface area (Å²) in [6.07, 6.45) is 5.26. The van der Waals surface area contributed by atoms with E-state index in [-0.39, 0.29) is 23.3 Å². The van der Waals surface area contributed by atoms with Crippen LogP contribution in [0, 0.1) is 18.7 Å². The number of hydrogen-bond acceptors (Lipinski definition) is 6. The van der Waals surface area contributed by atoms with Gasteiger partial charge < -0.3 is 14.9 Å². The number of aryl methyl sites for hydroxylation is 2. The first-order valence-electron chi connectivity index (χ1n) is 11.0. The zero-order valence-corrected chi connectivity index (χ0v) is 18.3. The number of nitrogens with two attached hydrogens (primary N) is 1. The van der Waals surface area contributed by atoms with Crippen molar-refractivity contribution in [2.75, 3.05) is 18.9 Å². The van der Waals surface area contributed by atoms with Gasteiger partial charge in [-0.15, -0.1) is 0 Å². The molecule has 8 heteroatoms. The molecule has 1 atom stereocenters. The van der Waals surface area contributed by atoms with Gasteiger partial charge in [0.2, 0.25) is 0 Å². The summed E-state index contributed by atoms with van der Waals surface area (Å²) in [7, 11) is 0. The number of nitrogens with zero attached hydrogens (tertiary/aromatic N) is 4. The fourth-order valence-corrected chi connectivity index (χ4v) is 4.15. The second-order valence-corrected chi connectivity index (χ2v) is 8.33. The van der Waals surface area contributed by atoms with E-state index in [0.717, 1.165) is 23.3 Å². The number of benzene rings is 1. The second kappa shape index (κ2) is 8.71. The van der Waals surface area contributed by atoms with Crippen LogP contribution in [0.5, 0.6) is 0 Å². The van der Waals surface area contributed by atoms with Gasteiger partial charge in [0, 0.05) is 54.6 Å². The van der Waals surface area contributed by atoms with Crippen molar-refractivity contribution < 1.29 is 13.9 Å². The van der Waals surface area contributed by atoms with E-state index in [0.29, 0.717) is 48.7 Å². The van der Waals surface area contributed by atoms with Crippen LogP contribution in [0.15, 0.2) is 48.8 Å². The molecular weight excluding hydrogens is 421 g/mol. The Kier molecular flexibility index (Phi) is 5.60. The van der Waals surface area contributed by atoms with Gasteiger partial charge in [-0.25, -0.2) is 19.3 Å². The number of imidazole rings is 1. The lowest BCUT2D eigenvalue weighted by atomic mass is 9.98. The number of ketones is 1. The average Bonchev–Trinajstić information content (AvgIpc) is 3.49. The van der Waals surface area contributed by atoms with E-state index in [1.165, 1.54) is 12.1 Å². The van der Waals surface area contributed by atoms with Crippen LogP contribution in [0.3, 0.4) is 0 Å². The molecule has 7 nitrogen and oxygen atoms in total. The molecule has 0 radical (unpaired) electrons. The molecule has 1 aliphatic rings. The number of hydrogen-bond donors (Lipinski definition) is 1. The highest BCUT2D eigenvalue weighted by atomic mass is 19.1. The average molecular weight is 445 g/mol. The summed E-state index contributed by atoms with van der Waals surface area (Å²) >= 11 is 0. The largest absolute Gasteiger partial charge is 0.382 e. The SMILES string of the molecule is Cc1cnc2ccc(-c3nc(CCC(=O)[C@H]4CCOC4)c(N)nc3-c3ccc(F)cc3)cn12. The molecular formula is C25H24FN5O2. The van der Waals surface area contributed by atoms with Crippen molar-refractivity contribution in [3.05, 3.63) is 66.0 Å². The Morgan fingerprint density at radius 1 is 1.15 bits per heavy atom. The Morgan fingerprint density at radius 3 is 2.67 bits per heavy atom. The Labute approximate surface area is 190 Å². The van der Waals surface area contributed by atoms with Gasteiger partial charge >= 0.3 is 0 Å². The van der Waals surface area contributed by atoms with E-state index < -0.39 is 0 Å². The number of Topliss-reactive ketones (excluding diaryl/α,β-unsaturated/α-hetero) is 1. The van der Waals surface area contributed by atoms with Gasteiger partial charge in [0.25, 0.3) is 0 Å². The number of carbonyl (C=O) groups is 1. The molecule has 0 spiro atoms. The van der Waals surface area contributed by atoms with Crippen LogP contribution in [0.25, 0.3) is 28.2 Å². The summed E-state index contributed by atoms with van der Waals surface area (Å²) in [4.78, 5) is 26.4. The Hall–Kier alpha value is -3.65. The minimum absolute atomic E-state index is 0.0521. The summed E-state index contributed by atoms with van der Waals surface area (Å²) in [5.74, 6) is 0.0493. The first kappa shape index (κ1) is 21.2. The van der Waals surface area contributed by atoms with Gasteiger partial charge in [-0.1, -0.05) is 0 Å². The smallest absolute Gasteiger partial charge is 0.145 e. The van der Waals surface area contributed by atoms with Gasteiger partial charge in [-0.3, -0.25) is 4.79 Å². The summed E-state index contributed by atoms with van der Waals surface area (Å²) in [5.41, 5.74) is 11.4. The first-order chi connectivity index (χ1) is 16.0. The van der Waals surface area contributed by atoms with Crippen molar-refractivity contribution in [1.29, 1.82) is 0 Å². The van der Waals surface area contributed by atoms with E-state index in [1.807, 2.05) is 29.7 Å². The predicted molar refractivity (Wildman–Crippen MR) is 123 cm³/mol. The lowest BCUT2D eigenvalue weighted by molar-refractivity contribution is -0.122. The van der Waals surface area contributed by atoms with Crippen LogP contribution in [0.4, 0.5) is 10.2 Å². The molecule has 168 valence electrons. The maximum Gasteiger partial charge on any atom is 0.145 e. The molecule has 1 saturated heterocycles. The summed E-state index contributed by atoms with van der Waals surface area (Å²) in [6.45, 7) is 3.09. The highest BCUT2D eigenvalue weighted by Gasteiger charge is 2.24. The van der Waals surface area contributed by atoms with Crippen LogP contribution in [-0.2, 0) is 16.0 Å². The summed E-state index contributed by atoms with van der Waals surface area (Å²) in [5, 5.41) is 0. The zero-order chi connectivity index (χ0) is 22.9. The minimum Gasteiger partial charge on any atom is -0.382 e. The third-order valence-electron chi connectivity index (χ3n) is 6.07. The molecule has 3 aromatic heterocycles. The topological polar surface area (TPSA) is 95.4 Å². The van der Waals surface area contributed by atoms with Gasteiger partial charge in [0.15, 0.2) is 0 Å². The molecule has 4 aromatic rings. The fourth-order valence-electron chi connectivity index (χ4n) is 4.15. The van der Waals surface area contributed by atoms with Crippen LogP contribution in [0.2, 0.25) is 0 Å². The number of ether oxygens (including phenoxy) is 1. The molecule has 0 amide bonds. The fraction of sp³-hybridized carbons (Fsp3) is 0.280. The Morgan fingerprint density at radius 2 is 1.91 bits per heavy atom. The van der Waals surface area contributed by atoms with E-state index in [2.05, 4.69) is 9.97 Å². The summed E-state index contributed by atoms with van der Waals surface area (Å²) < 4.78 is 20.9. The normalized spacial score (nSPS) is 15.9. The standard InChI is InChI=1S/C25H24FN5O2/c1-15-12-28-22-9-4-17(13-31(15)22)24-23(16-2-5-19(26)6-3-16)30-25(27)20(29-24)7-8-21(32)18-10-11-33-14-18/h2-6,9,12-13,18H,7-8,10-11,14H2,1H3,(H2,27,30)/t18-/m0/s1. The maximum absolute atomic E-state index is 13.5. The number of nitrogen functional groups attached to an aromatic ring is 1. The van der Waals surface area contributed by atoms with Crippen LogP contribution < -0.4 is 5.73 Å². The molecule has 0 aliphatic carbocycles. The lowest BCUT2D eigenvalue weighted by Gasteiger charge is -2.14. The van der Waals surface area contributed by atoms with E-state index in [4.69, 9.17) is 15.5 Å². The quantitative estimate of drug-likeness (QED) is 0.482. The molecule has 5 rings (SSSR count). The van der Waals surface area contributed by atoms with Gasteiger partial charge in [-0.05, 0) is 49.7 Å². The van der Waals surface area contributed by atoms with Gasteiger partial charge in [0.05, 0.1) is 23.7 Å². The van der Waals surface area contributed by atoms with Crippen LogP contribution >= 0.6 is 0 Å².